The van der Waals surface area contributed by atoms with Gasteiger partial charge in [0.2, 0.25) is 0 Å². The number of ketones is 1. The third-order valence-corrected chi connectivity index (χ3v) is 5.01. The number of ether oxygens (including phenoxy) is 1. The van der Waals surface area contributed by atoms with Crippen molar-refractivity contribution < 1.29 is 19.2 Å². The highest BCUT2D eigenvalue weighted by molar-refractivity contribution is 6.09. The third-order valence-electron chi connectivity index (χ3n) is 5.01. The lowest BCUT2D eigenvalue weighted by molar-refractivity contribution is -0.384. The number of nitrogens with one attached hydrogen (secondary N) is 2. The molecule has 0 spiro atoms. The maximum absolute atomic E-state index is 12.7. The van der Waals surface area contributed by atoms with Gasteiger partial charge >= 0.3 is 6.09 Å². The van der Waals surface area contributed by atoms with E-state index in [-0.39, 0.29) is 23.1 Å². The second-order valence-electron chi connectivity index (χ2n) is 8.71. The predicted molar refractivity (Wildman–Crippen MR) is 121 cm³/mol. The zero-order valence-electron chi connectivity index (χ0n) is 18.5. The minimum Gasteiger partial charge on any atom is -0.443 e. The number of rotatable bonds is 6. The highest BCUT2D eigenvalue weighted by Gasteiger charge is 2.27. The number of carbonyl (C=O) groups excluding carboxylic acids is 2. The summed E-state index contributed by atoms with van der Waals surface area (Å²) in [4.78, 5) is 37.8. The fourth-order valence-electron chi connectivity index (χ4n) is 3.61. The number of benzene rings is 2. The fraction of sp³-hybridized carbons (Fsp3) is 0.391. The molecule has 1 aliphatic heterocycles. The standard InChI is InChI=1S/C23H28N4O5/c1-23(2,3)32-22(29)25-24-18-10-7-13-26(15-18)19-12-11-17(14-20(19)27(30)31)21(28)16-8-5-4-6-9-16/h4-6,8-9,11-12,14,18,24H,7,10,13,15H2,1-3H3,(H,25,29). The average Bonchev–Trinajstić information content (AvgIpc) is 2.76. The number of carbonyl (C=O) groups is 2. The molecule has 0 aromatic heterocycles. The maximum atomic E-state index is 12.7. The molecule has 2 aromatic carbocycles. The summed E-state index contributed by atoms with van der Waals surface area (Å²) in [5.74, 6) is -0.264. The lowest BCUT2D eigenvalue weighted by Crippen LogP contribution is -2.53. The Morgan fingerprint density at radius 3 is 2.50 bits per heavy atom. The Morgan fingerprint density at radius 2 is 1.84 bits per heavy atom. The van der Waals surface area contributed by atoms with Gasteiger partial charge in [0.25, 0.3) is 5.69 Å². The van der Waals surface area contributed by atoms with E-state index in [4.69, 9.17) is 4.74 Å². The van der Waals surface area contributed by atoms with Crippen molar-refractivity contribution in [3.8, 4) is 0 Å². The van der Waals surface area contributed by atoms with Gasteiger partial charge in [-0.2, -0.15) is 0 Å². The smallest absolute Gasteiger partial charge is 0.422 e. The van der Waals surface area contributed by atoms with Gasteiger partial charge in [-0.1, -0.05) is 30.3 Å². The molecule has 2 N–H and O–H groups in total. The molecule has 1 fully saturated rings. The molecule has 170 valence electrons. The van der Waals surface area contributed by atoms with Gasteiger partial charge < -0.3 is 9.64 Å². The van der Waals surface area contributed by atoms with Gasteiger partial charge in [0.1, 0.15) is 11.3 Å². The van der Waals surface area contributed by atoms with Crippen LogP contribution >= 0.6 is 0 Å². The number of nitrogens with zero attached hydrogens (tertiary/aromatic N) is 2. The van der Waals surface area contributed by atoms with Crippen molar-refractivity contribution in [2.75, 3.05) is 18.0 Å². The van der Waals surface area contributed by atoms with Gasteiger partial charge in [-0.25, -0.2) is 10.2 Å². The van der Waals surface area contributed by atoms with Crippen molar-refractivity contribution >= 4 is 23.3 Å². The van der Waals surface area contributed by atoms with E-state index in [1.54, 1.807) is 63.2 Å². The molecule has 9 heteroatoms. The Balaban J connectivity index is 1.73. The molecule has 0 bridgehead atoms. The average molecular weight is 441 g/mol. The van der Waals surface area contributed by atoms with Crippen LogP contribution < -0.4 is 15.8 Å². The summed E-state index contributed by atoms with van der Waals surface area (Å²) in [5.41, 5.74) is 5.97. The highest BCUT2D eigenvalue weighted by atomic mass is 16.6. The Hall–Kier alpha value is -3.46. The monoisotopic (exact) mass is 440 g/mol. The number of hydrogen-bond donors (Lipinski definition) is 2. The van der Waals surface area contributed by atoms with Gasteiger partial charge in [0.05, 0.1) is 4.92 Å². The predicted octanol–water partition coefficient (Wildman–Crippen LogP) is 3.82. The summed E-state index contributed by atoms with van der Waals surface area (Å²) in [6, 6.07) is 13.1. The molecular weight excluding hydrogens is 412 g/mol. The zero-order chi connectivity index (χ0) is 23.3. The molecule has 1 saturated heterocycles. The Morgan fingerprint density at radius 1 is 1.12 bits per heavy atom. The van der Waals surface area contributed by atoms with Crippen molar-refractivity contribution in [3.63, 3.8) is 0 Å². The van der Waals surface area contributed by atoms with Gasteiger partial charge in [-0.3, -0.25) is 20.3 Å². The van der Waals surface area contributed by atoms with Crippen molar-refractivity contribution in [2.24, 2.45) is 0 Å². The van der Waals surface area contributed by atoms with Crippen LogP contribution in [0.5, 0.6) is 0 Å². The van der Waals surface area contributed by atoms with Crippen LogP contribution in [0, 0.1) is 10.1 Å². The van der Waals surface area contributed by atoms with Crippen molar-refractivity contribution in [2.45, 2.75) is 45.3 Å². The molecule has 2 aromatic rings. The fourth-order valence-corrected chi connectivity index (χ4v) is 3.61. The van der Waals surface area contributed by atoms with Crippen molar-refractivity contribution in [1.82, 2.24) is 10.9 Å². The SMILES string of the molecule is CC(C)(C)OC(=O)NNC1CCCN(c2ccc(C(=O)c3ccccc3)cc2[N+](=O)[O-])C1. The first-order valence-corrected chi connectivity index (χ1v) is 10.5. The molecule has 1 atom stereocenters. The van der Waals surface area contributed by atoms with Crippen molar-refractivity contribution in [1.29, 1.82) is 0 Å². The van der Waals surface area contributed by atoms with Crippen LogP contribution in [0.25, 0.3) is 0 Å². The number of hydrogen-bond acceptors (Lipinski definition) is 7. The van der Waals surface area contributed by atoms with Crippen LogP contribution in [0.3, 0.4) is 0 Å². The quantitative estimate of drug-likeness (QED) is 0.399. The summed E-state index contributed by atoms with van der Waals surface area (Å²) < 4.78 is 5.22. The van der Waals surface area contributed by atoms with Gasteiger partial charge in [-0.15, -0.1) is 0 Å². The molecule has 1 amide bonds. The first-order chi connectivity index (χ1) is 15.1. The molecule has 1 heterocycles. The van der Waals surface area contributed by atoms with Gasteiger partial charge in [-0.05, 0) is 45.7 Å². The van der Waals surface area contributed by atoms with Gasteiger partial charge in [0.15, 0.2) is 5.78 Å². The third kappa shape index (κ3) is 6.04. The van der Waals surface area contributed by atoms with Crippen LogP contribution in [-0.2, 0) is 4.74 Å². The minimum absolute atomic E-state index is 0.110. The van der Waals surface area contributed by atoms with E-state index in [0.717, 1.165) is 12.8 Å². The lowest BCUT2D eigenvalue weighted by atomic mass is 10.0. The summed E-state index contributed by atoms with van der Waals surface area (Å²) >= 11 is 0. The van der Waals surface area contributed by atoms with E-state index in [9.17, 15) is 19.7 Å². The summed E-state index contributed by atoms with van der Waals surface area (Å²) in [5, 5.41) is 11.8. The molecule has 1 unspecified atom stereocenters. The first kappa shape index (κ1) is 23.2. The molecule has 0 aliphatic carbocycles. The minimum atomic E-state index is -0.607. The topological polar surface area (TPSA) is 114 Å². The number of hydrazine groups is 1. The number of amides is 1. The maximum Gasteiger partial charge on any atom is 0.422 e. The van der Waals surface area contributed by atoms with E-state index >= 15 is 0 Å². The molecular formula is C23H28N4O5. The second-order valence-corrected chi connectivity index (χ2v) is 8.71. The molecule has 3 rings (SSSR count). The van der Waals surface area contributed by atoms with E-state index in [1.165, 1.54) is 6.07 Å². The molecule has 1 aliphatic rings. The first-order valence-electron chi connectivity index (χ1n) is 10.5. The normalized spacial score (nSPS) is 16.3. The zero-order valence-corrected chi connectivity index (χ0v) is 18.5. The summed E-state index contributed by atoms with van der Waals surface area (Å²) in [7, 11) is 0. The van der Waals surface area contributed by atoms with E-state index in [0.29, 0.717) is 24.3 Å². The van der Waals surface area contributed by atoms with E-state index < -0.39 is 16.6 Å². The molecule has 9 nitrogen and oxygen atoms in total. The summed E-state index contributed by atoms with van der Waals surface area (Å²) in [6.45, 7) is 6.43. The number of nitro groups is 1. The van der Waals surface area contributed by atoms with E-state index in [2.05, 4.69) is 10.9 Å². The largest absolute Gasteiger partial charge is 0.443 e. The molecule has 0 radical (unpaired) electrons. The Labute approximate surface area is 186 Å². The van der Waals surface area contributed by atoms with Crippen molar-refractivity contribution in [3.05, 3.63) is 69.8 Å². The Kier molecular flexibility index (Phi) is 7.09. The molecule has 32 heavy (non-hydrogen) atoms. The van der Waals surface area contributed by atoms with Crippen LogP contribution in [0.1, 0.15) is 49.5 Å². The second kappa shape index (κ2) is 9.78. The van der Waals surface area contributed by atoms with Gasteiger partial charge in [0, 0.05) is 36.3 Å². The highest BCUT2D eigenvalue weighted by Crippen LogP contribution is 2.32. The van der Waals surface area contributed by atoms with Crippen LogP contribution in [-0.4, -0.2) is 41.5 Å². The number of nitro benzene ring substituents is 1. The number of anilines is 1. The molecule has 0 saturated carbocycles. The Bertz CT molecular complexity index is 988. The van der Waals surface area contributed by atoms with Crippen LogP contribution in [0.15, 0.2) is 48.5 Å². The van der Waals surface area contributed by atoms with Crippen LogP contribution in [0.4, 0.5) is 16.2 Å². The summed E-state index contributed by atoms with van der Waals surface area (Å²) in [6.07, 6.45) is 1.00. The van der Waals surface area contributed by atoms with E-state index in [1.807, 2.05) is 4.90 Å². The number of piperidine rings is 1. The van der Waals surface area contributed by atoms with Crippen LogP contribution in [0.2, 0.25) is 0 Å². The lowest BCUT2D eigenvalue weighted by Gasteiger charge is -2.34.